The SMILES string of the molecule is CC(=O)O[C@H]1/C=C/[C@H](C)[C@@H](/C(C)=C/C=C/C(C)(O)CCc2ccccc2)OC(=O)C[C@H](O)CC[C@@]1(C)O. The Balaban J connectivity index is 2.22. The summed E-state index contributed by atoms with van der Waals surface area (Å²) in [7, 11) is 0. The molecule has 0 saturated carbocycles. The molecule has 0 saturated heterocycles. The predicted octanol–water partition coefficient (Wildman–Crippen LogP) is 4.20. The standard InChI is InChI=1S/C30H42O7/c1-21(10-9-17-29(4,34)18-15-24-11-7-6-8-12-24)28-22(2)13-14-26(36-23(3)31)30(5,35)19-16-25(32)20-27(33)37-28/h6-14,17,22,25-26,28,32,34-35H,15-16,18-20H2,1-5H3/b14-13+,17-9+,21-10+/t22-,25+,26-,28+,29?,30+/m0/s1. The molecule has 1 aliphatic heterocycles. The van der Waals surface area contributed by atoms with Crippen molar-refractivity contribution in [3.05, 3.63) is 71.8 Å². The smallest absolute Gasteiger partial charge is 0.309 e. The highest BCUT2D eigenvalue weighted by atomic mass is 16.6. The monoisotopic (exact) mass is 514 g/mol. The number of carbonyl (C=O) groups excluding carboxylic acids is 2. The highest BCUT2D eigenvalue weighted by Crippen LogP contribution is 2.27. The Morgan fingerprint density at radius 2 is 1.92 bits per heavy atom. The number of aryl methyl sites for hydroxylation is 1. The number of hydrogen-bond acceptors (Lipinski definition) is 7. The molecule has 3 N–H and O–H groups in total. The molecule has 0 radical (unpaired) electrons. The minimum atomic E-state index is -1.42. The first-order chi connectivity index (χ1) is 17.3. The number of aliphatic hydroxyl groups excluding tert-OH is 1. The van der Waals surface area contributed by atoms with E-state index >= 15 is 0 Å². The van der Waals surface area contributed by atoms with E-state index < -0.39 is 41.5 Å². The molecule has 204 valence electrons. The molecule has 2 rings (SSSR count). The largest absolute Gasteiger partial charge is 0.457 e. The lowest BCUT2D eigenvalue weighted by Gasteiger charge is -2.32. The molecule has 0 aromatic heterocycles. The van der Waals surface area contributed by atoms with Gasteiger partial charge in [-0.15, -0.1) is 0 Å². The van der Waals surface area contributed by atoms with Crippen LogP contribution in [0.15, 0.2) is 66.3 Å². The molecule has 1 aromatic rings. The molecule has 0 bridgehead atoms. The Kier molecular flexibility index (Phi) is 11.3. The fraction of sp³-hybridized carbons (Fsp3) is 0.533. The van der Waals surface area contributed by atoms with Crippen LogP contribution in [0.3, 0.4) is 0 Å². The summed E-state index contributed by atoms with van der Waals surface area (Å²) in [5, 5.41) is 32.0. The van der Waals surface area contributed by atoms with Crippen molar-refractivity contribution in [3.63, 3.8) is 0 Å². The lowest BCUT2D eigenvalue weighted by atomic mass is 9.88. The Morgan fingerprint density at radius 3 is 2.57 bits per heavy atom. The number of carbonyl (C=O) groups is 2. The molecule has 6 atom stereocenters. The van der Waals surface area contributed by atoms with Crippen LogP contribution in [0.2, 0.25) is 0 Å². The van der Waals surface area contributed by atoms with Gasteiger partial charge in [0.15, 0.2) is 0 Å². The summed E-state index contributed by atoms with van der Waals surface area (Å²) >= 11 is 0. The molecular formula is C30H42O7. The van der Waals surface area contributed by atoms with Crippen molar-refractivity contribution in [1.29, 1.82) is 0 Å². The van der Waals surface area contributed by atoms with Crippen LogP contribution in [0.1, 0.15) is 65.9 Å². The second kappa shape index (κ2) is 13.7. The van der Waals surface area contributed by atoms with Crippen LogP contribution in [0.5, 0.6) is 0 Å². The summed E-state index contributed by atoms with van der Waals surface area (Å²) in [5.41, 5.74) is -0.547. The van der Waals surface area contributed by atoms with E-state index in [1.807, 2.05) is 44.2 Å². The summed E-state index contributed by atoms with van der Waals surface area (Å²) in [6.07, 6.45) is 7.41. The molecule has 0 spiro atoms. The summed E-state index contributed by atoms with van der Waals surface area (Å²) in [6, 6.07) is 9.96. The van der Waals surface area contributed by atoms with Crippen LogP contribution in [0, 0.1) is 5.92 Å². The van der Waals surface area contributed by atoms with Crippen LogP contribution < -0.4 is 0 Å². The molecule has 0 fully saturated rings. The van der Waals surface area contributed by atoms with Crippen LogP contribution >= 0.6 is 0 Å². The molecule has 7 nitrogen and oxygen atoms in total. The number of allylic oxidation sites excluding steroid dienone is 2. The van der Waals surface area contributed by atoms with Gasteiger partial charge in [0.25, 0.3) is 0 Å². The van der Waals surface area contributed by atoms with E-state index in [1.54, 1.807) is 44.2 Å². The first-order valence-electron chi connectivity index (χ1n) is 12.9. The zero-order valence-electron chi connectivity index (χ0n) is 22.6. The van der Waals surface area contributed by atoms with Crippen LogP contribution in [0.25, 0.3) is 0 Å². The Hall–Kier alpha value is -2.74. The van der Waals surface area contributed by atoms with Gasteiger partial charge >= 0.3 is 11.9 Å². The van der Waals surface area contributed by atoms with Crippen molar-refractivity contribution in [2.75, 3.05) is 0 Å². The second-order valence-electron chi connectivity index (χ2n) is 10.6. The maximum atomic E-state index is 12.6. The van der Waals surface area contributed by atoms with Crippen molar-refractivity contribution in [3.8, 4) is 0 Å². The number of hydrogen-bond donors (Lipinski definition) is 3. The van der Waals surface area contributed by atoms with Gasteiger partial charge in [0.1, 0.15) is 17.8 Å². The van der Waals surface area contributed by atoms with Gasteiger partial charge in [0.05, 0.1) is 18.1 Å². The average molecular weight is 515 g/mol. The van der Waals surface area contributed by atoms with Gasteiger partial charge in [-0.05, 0) is 63.7 Å². The first kappa shape index (κ1) is 30.5. The van der Waals surface area contributed by atoms with Gasteiger partial charge in [0.2, 0.25) is 0 Å². The molecule has 1 heterocycles. The van der Waals surface area contributed by atoms with Crippen molar-refractivity contribution in [2.45, 2.75) is 96.2 Å². The Labute approximate surface area is 220 Å². The third kappa shape index (κ3) is 10.6. The fourth-order valence-electron chi connectivity index (χ4n) is 4.26. The number of cyclic esters (lactones) is 1. The van der Waals surface area contributed by atoms with E-state index in [2.05, 4.69) is 0 Å². The van der Waals surface area contributed by atoms with Gasteiger partial charge in [0, 0.05) is 12.8 Å². The normalized spacial score (nSPS) is 30.5. The molecule has 37 heavy (non-hydrogen) atoms. The van der Waals surface area contributed by atoms with Gasteiger partial charge < -0.3 is 24.8 Å². The molecule has 1 unspecified atom stereocenters. The van der Waals surface area contributed by atoms with Gasteiger partial charge in [-0.25, -0.2) is 0 Å². The Morgan fingerprint density at radius 1 is 1.24 bits per heavy atom. The van der Waals surface area contributed by atoms with Crippen LogP contribution in [-0.2, 0) is 25.5 Å². The van der Waals surface area contributed by atoms with Crippen molar-refractivity contribution in [2.24, 2.45) is 5.92 Å². The highest BCUT2D eigenvalue weighted by molar-refractivity contribution is 5.70. The fourth-order valence-corrected chi connectivity index (χ4v) is 4.26. The molecule has 0 amide bonds. The number of benzene rings is 1. The third-order valence-electron chi connectivity index (χ3n) is 6.64. The summed E-state index contributed by atoms with van der Waals surface area (Å²) in [5.74, 6) is -1.39. The second-order valence-corrected chi connectivity index (χ2v) is 10.6. The van der Waals surface area contributed by atoms with E-state index in [-0.39, 0.29) is 25.2 Å². The summed E-state index contributed by atoms with van der Waals surface area (Å²) < 4.78 is 11.1. The minimum absolute atomic E-state index is 0.134. The Bertz CT molecular complexity index is 975. The third-order valence-corrected chi connectivity index (χ3v) is 6.64. The summed E-state index contributed by atoms with van der Waals surface area (Å²) in [4.78, 5) is 24.2. The molecule has 1 aromatic carbocycles. The molecule has 0 aliphatic carbocycles. The van der Waals surface area contributed by atoms with E-state index in [1.165, 1.54) is 6.92 Å². The van der Waals surface area contributed by atoms with Crippen LogP contribution in [-0.4, -0.2) is 56.8 Å². The molecule has 1 aliphatic rings. The number of esters is 2. The quantitative estimate of drug-likeness (QED) is 0.284. The minimum Gasteiger partial charge on any atom is -0.457 e. The first-order valence-corrected chi connectivity index (χ1v) is 12.9. The van der Waals surface area contributed by atoms with Crippen molar-refractivity contribution < 1.29 is 34.4 Å². The van der Waals surface area contributed by atoms with Gasteiger partial charge in [-0.1, -0.05) is 61.6 Å². The predicted molar refractivity (Wildman–Crippen MR) is 143 cm³/mol. The van der Waals surface area contributed by atoms with Crippen molar-refractivity contribution in [1.82, 2.24) is 0 Å². The number of ether oxygens (including phenoxy) is 2. The molecular weight excluding hydrogens is 472 g/mol. The average Bonchev–Trinajstić information content (AvgIpc) is 2.82. The maximum absolute atomic E-state index is 12.6. The lowest BCUT2D eigenvalue weighted by molar-refractivity contribution is -0.157. The van der Waals surface area contributed by atoms with E-state index in [9.17, 15) is 24.9 Å². The molecule has 7 heteroatoms. The highest BCUT2D eigenvalue weighted by Gasteiger charge is 2.35. The topological polar surface area (TPSA) is 113 Å². The van der Waals surface area contributed by atoms with Gasteiger partial charge in [-0.2, -0.15) is 0 Å². The maximum Gasteiger partial charge on any atom is 0.309 e. The summed E-state index contributed by atoms with van der Waals surface area (Å²) in [6.45, 7) is 8.25. The van der Waals surface area contributed by atoms with E-state index in [4.69, 9.17) is 9.47 Å². The zero-order chi connectivity index (χ0) is 27.6. The van der Waals surface area contributed by atoms with Crippen molar-refractivity contribution >= 4 is 11.9 Å². The lowest BCUT2D eigenvalue weighted by Crippen LogP contribution is -2.42. The van der Waals surface area contributed by atoms with E-state index in [0.717, 1.165) is 17.6 Å². The number of aliphatic hydroxyl groups is 3. The zero-order valence-corrected chi connectivity index (χ0v) is 22.6. The van der Waals surface area contributed by atoms with Crippen LogP contribution in [0.4, 0.5) is 0 Å². The van der Waals surface area contributed by atoms with E-state index in [0.29, 0.717) is 6.42 Å². The van der Waals surface area contributed by atoms with Gasteiger partial charge in [-0.3, -0.25) is 9.59 Å². The number of rotatable bonds is 7.